The number of H-pyrrole nitrogens is 4. The molecule has 0 unspecified atom stereocenters. The van der Waals surface area contributed by atoms with Crippen LogP contribution in [0.1, 0.15) is 49.0 Å². The zero-order valence-electron chi connectivity index (χ0n) is 32.6. The van der Waals surface area contributed by atoms with Crippen LogP contribution in [-0.2, 0) is 43.2 Å². The Hall–Kier alpha value is -4.58. The van der Waals surface area contributed by atoms with Gasteiger partial charge in [0.2, 0.25) is 0 Å². The molecule has 1 fully saturated rings. The molecule has 0 spiro atoms. The number of rotatable bonds is 10. The van der Waals surface area contributed by atoms with Crippen molar-refractivity contribution in [2.45, 2.75) is 63.9 Å². The first kappa shape index (κ1) is 47.5. The zero-order valence-corrected chi connectivity index (χ0v) is 35.2. The van der Waals surface area contributed by atoms with E-state index in [1.54, 1.807) is 0 Å². The Bertz CT molecular complexity index is 2100. The standard InChI is InChI=1S/C38H38N10.CH4O.2ClHO4.Fe/c1-2-12-26-25(11-1)39-35(40-26)21-47(22-36-41-27-13-3-4-14-28(27)42-36)33-19-9-10-20-34(33)48(23-37-43-29-15-5-6-16-30(29)44-37)24-38-45-31-17-7-8-18-32(31)46-38;1-2;2*2-1(3,4)5;/h1-8,11-18,33-34H,9-10,19-24H2,(H,39,40)(H,41,42)(H,43,44)(H,45,46);2H,1H3;2*(H,2,3,4,5);/q;;;;+2/p-2/t33-,34-;;;;/m1..../s1. The van der Waals surface area contributed by atoms with Crippen LogP contribution in [-0.4, -0.2) is 74.0 Å². The van der Waals surface area contributed by atoms with Gasteiger partial charge in [0.15, 0.2) is 0 Å². The third-order valence-electron chi connectivity index (χ3n) is 9.80. The van der Waals surface area contributed by atoms with E-state index in [0.29, 0.717) is 26.2 Å². The molecule has 0 radical (unpaired) electrons. The minimum Gasteiger partial charge on any atom is -0.400 e. The monoisotopic (exact) mass is 920 g/mol. The minimum atomic E-state index is -4.94. The Labute approximate surface area is 363 Å². The molecule has 1 saturated carbocycles. The summed E-state index contributed by atoms with van der Waals surface area (Å²) in [6.45, 7) is 2.76. The number of nitrogens with one attached hydrogen (secondary N) is 4. The van der Waals surface area contributed by atoms with Gasteiger partial charge in [-0.15, -0.1) is 20.5 Å². The number of fused-ring (bicyclic) bond motifs is 4. The zero-order chi connectivity index (χ0) is 42.9. The van der Waals surface area contributed by atoms with Gasteiger partial charge in [-0.3, -0.25) is 9.80 Å². The molecular formula is C39H42Cl2FeN10O9. The van der Waals surface area contributed by atoms with E-state index in [1.807, 2.05) is 24.3 Å². The average Bonchev–Trinajstić information content (AvgIpc) is 4.00. The van der Waals surface area contributed by atoms with Gasteiger partial charge >= 0.3 is 17.1 Å². The van der Waals surface area contributed by atoms with E-state index in [4.69, 9.17) is 62.3 Å². The summed E-state index contributed by atoms with van der Waals surface area (Å²) in [6, 6.07) is 33.6. The van der Waals surface area contributed by atoms with E-state index in [-0.39, 0.29) is 29.2 Å². The molecule has 5 N–H and O–H groups in total. The van der Waals surface area contributed by atoms with Crippen LogP contribution < -0.4 is 37.3 Å². The summed E-state index contributed by atoms with van der Waals surface area (Å²) in [6.07, 6.45) is 4.53. The van der Waals surface area contributed by atoms with Gasteiger partial charge in [-0.05, 0) is 61.4 Å². The van der Waals surface area contributed by atoms with Crippen LogP contribution >= 0.6 is 0 Å². The molecule has 324 valence electrons. The molecule has 1 aliphatic carbocycles. The van der Waals surface area contributed by atoms with Crippen molar-refractivity contribution in [3.63, 3.8) is 0 Å². The third-order valence-corrected chi connectivity index (χ3v) is 9.80. The van der Waals surface area contributed by atoms with Crippen molar-refractivity contribution in [1.82, 2.24) is 49.7 Å². The third kappa shape index (κ3) is 14.0. The quantitative estimate of drug-likeness (QED) is 0.0872. The molecule has 0 aliphatic heterocycles. The maximum absolute atomic E-state index is 8.49. The Morgan fingerprint density at radius 1 is 0.459 bits per heavy atom. The fourth-order valence-corrected chi connectivity index (χ4v) is 7.62. The molecule has 2 atom stereocenters. The molecule has 8 aromatic rings. The molecule has 1 aliphatic rings. The van der Waals surface area contributed by atoms with Gasteiger partial charge in [0.05, 0.1) is 70.3 Å². The Morgan fingerprint density at radius 3 is 0.885 bits per heavy atom. The van der Waals surface area contributed by atoms with Gasteiger partial charge in [-0.2, -0.15) is 0 Å². The van der Waals surface area contributed by atoms with E-state index < -0.39 is 20.5 Å². The van der Waals surface area contributed by atoms with E-state index in [0.717, 1.165) is 87.4 Å². The second kappa shape index (κ2) is 21.5. The summed E-state index contributed by atoms with van der Waals surface area (Å²) in [7, 11) is -8.89. The predicted octanol–water partition coefficient (Wildman–Crippen LogP) is -2.70. The first-order valence-electron chi connectivity index (χ1n) is 18.6. The number of hydrogen-bond donors (Lipinski definition) is 5. The molecule has 0 amide bonds. The fourth-order valence-electron chi connectivity index (χ4n) is 7.62. The maximum Gasteiger partial charge on any atom is 2.00 e. The summed E-state index contributed by atoms with van der Waals surface area (Å²) >= 11 is 0. The SMILES string of the molecule is CO.[Fe+2].[O-][Cl+3]([O-])([O-])[O-].[O-][Cl+3]([O-])([O-])[O-].c1ccc2[nH]c(CN(Cc3nc4ccccc4[nH]3)[C@@H]3CCCC[C@H]3N(Cc3nc4ccccc4[nH]3)Cc3nc4ccccc4[nH]3)nc2c1. The summed E-state index contributed by atoms with van der Waals surface area (Å²) in [5.74, 6) is 3.88. The number of aliphatic hydroxyl groups excluding tert-OH is 1. The van der Waals surface area contributed by atoms with Gasteiger partial charge in [0.25, 0.3) is 0 Å². The van der Waals surface area contributed by atoms with Gasteiger partial charge in [-0.1, -0.05) is 61.4 Å². The van der Waals surface area contributed by atoms with E-state index in [9.17, 15) is 0 Å². The molecule has 19 nitrogen and oxygen atoms in total. The average molecular weight is 922 g/mol. The van der Waals surface area contributed by atoms with Crippen LogP contribution in [0.3, 0.4) is 0 Å². The van der Waals surface area contributed by atoms with E-state index >= 15 is 0 Å². The summed E-state index contributed by atoms with van der Waals surface area (Å²) in [5, 5.41) is 7.00. The number of imidazole rings is 4. The fraction of sp³-hybridized carbons (Fsp3) is 0.282. The number of aromatic nitrogens is 8. The number of nitrogens with zero attached hydrogens (tertiary/aromatic N) is 6. The van der Waals surface area contributed by atoms with Crippen molar-refractivity contribution >= 4 is 44.1 Å². The van der Waals surface area contributed by atoms with Crippen LogP contribution in [0.2, 0.25) is 0 Å². The molecular weight excluding hydrogens is 879 g/mol. The number of para-hydroxylation sites is 8. The molecule has 61 heavy (non-hydrogen) atoms. The molecule has 0 saturated heterocycles. The normalized spacial score (nSPS) is 15.5. The number of benzene rings is 4. The number of halogens is 2. The van der Waals surface area contributed by atoms with Crippen LogP contribution in [0.4, 0.5) is 0 Å². The van der Waals surface area contributed by atoms with Crippen LogP contribution in [0.5, 0.6) is 0 Å². The summed E-state index contributed by atoms with van der Waals surface area (Å²) in [4.78, 5) is 39.6. The van der Waals surface area contributed by atoms with Crippen molar-refractivity contribution in [3.8, 4) is 0 Å². The Balaban J connectivity index is 0.000000484. The van der Waals surface area contributed by atoms with Crippen molar-refractivity contribution in [3.05, 3.63) is 120 Å². The Morgan fingerprint density at radius 2 is 0.672 bits per heavy atom. The van der Waals surface area contributed by atoms with E-state index in [2.05, 4.69) is 103 Å². The minimum absolute atomic E-state index is 0. The molecule has 4 heterocycles. The van der Waals surface area contributed by atoms with Crippen LogP contribution in [0, 0.1) is 20.5 Å². The maximum atomic E-state index is 8.49. The van der Waals surface area contributed by atoms with E-state index in [1.165, 1.54) is 12.8 Å². The van der Waals surface area contributed by atoms with Gasteiger partial charge in [0.1, 0.15) is 23.3 Å². The van der Waals surface area contributed by atoms with Crippen molar-refractivity contribution in [2.75, 3.05) is 7.11 Å². The molecule has 9 rings (SSSR count). The van der Waals surface area contributed by atoms with Crippen LogP contribution in [0.25, 0.3) is 44.1 Å². The summed E-state index contributed by atoms with van der Waals surface area (Å²) in [5.41, 5.74) is 8.22. The van der Waals surface area contributed by atoms with Crippen molar-refractivity contribution in [2.24, 2.45) is 0 Å². The number of aromatic amines is 4. The van der Waals surface area contributed by atoms with Gasteiger partial charge in [0, 0.05) is 19.2 Å². The van der Waals surface area contributed by atoms with Crippen molar-refractivity contribution < 1.29 is 79.9 Å². The van der Waals surface area contributed by atoms with Gasteiger partial charge in [-0.25, -0.2) is 57.2 Å². The number of aliphatic hydroxyl groups is 1. The topological polar surface area (TPSA) is 326 Å². The molecule has 0 bridgehead atoms. The molecule has 4 aromatic heterocycles. The van der Waals surface area contributed by atoms with Gasteiger partial charge < -0.3 is 25.0 Å². The second-order valence-corrected chi connectivity index (χ2v) is 15.3. The van der Waals surface area contributed by atoms with Crippen LogP contribution in [0.15, 0.2) is 97.1 Å². The molecule has 4 aromatic carbocycles. The molecule has 22 heteroatoms. The van der Waals surface area contributed by atoms with Crippen molar-refractivity contribution in [1.29, 1.82) is 0 Å². The largest absolute Gasteiger partial charge is 2.00 e. The first-order valence-corrected chi connectivity index (χ1v) is 21.1. The second-order valence-electron chi connectivity index (χ2n) is 13.8. The predicted molar refractivity (Wildman–Crippen MR) is 197 cm³/mol. The number of hydrogen-bond acceptors (Lipinski definition) is 15. The summed E-state index contributed by atoms with van der Waals surface area (Å²) < 4.78 is 67.9. The Kier molecular flexibility index (Phi) is 16.7. The smallest absolute Gasteiger partial charge is 0.400 e. The first-order chi connectivity index (χ1) is 28.7.